The molecule has 1 fully saturated rings. The first-order valence-electron chi connectivity index (χ1n) is 7.48. The molecule has 1 aromatic carbocycles. The Morgan fingerprint density at radius 3 is 2.50 bits per heavy atom. The van der Waals surface area contributed by atoms with Gasteiger partial charge in [0.05, 0.1) is 11.6 Å². The molecule has 1 N–H and O–H groups in total. The predicted molar refractivity (Wildman–Crippen MR) is 85.7 cm³/mol. The van der Waals surface area contributed by atoms with Crippen molar-refractivity contribution in [1.82, 2.24) is 9.47 Å². The molecule has 118 valence electrons. The van der Waals surface area contributed by atoms with E-state index in [9.17, 15) is 9.50 Å². The summed E-state index contributed by atoms with van der Waals surface area (Å²) in [6.07, 6.45) is 4.92. The van der Waals surface area contributed by atoms with E-state index >= 15 is 0 Å². The molecule has 0 saturated carbocycles. The summed E-state index contributed by atoms with van der Waals surface area (Å²) in [6, 6.07) is 7.81. The van der Waals surface area contributed by atoms with Crippen molar-refractivity contribution in [3.05, 3.63) is 59.1 Å². The highest BCUT2D eigenvalue weighted by Crippen LogP contribution is 2.39. The maximum Gasteiger partial charge on any atom is 0.128 e. The van der Waals surface area contributed by atoms with Gasteiger partial charge in [-0.25, -0.2) is 4.39 Å². The molecule has 5 heteroatoms. The topological polar surface area (TPSA) is 28.4 Å². The van der Waals surface area contributed by atoms with Crippen LogP contribution in [0.5, 0.6) is 0 Å². The fraction of sp³-hybridized carbons (Fsp3) is 0.412. The average Bonchev–Trinajstić information content (AvgIpc) is 3.00. The molecular formula is C17H20ClFN2O. The van der Waals surface area contributed by atoms with Crippen LogP contribution in [-0.2, 0) is 0 Å². The van der Waals surface area contributed by atoms with E-state index in [0.29, 0.717) is 23.4 Å². The van der Waals surface area contributed by atoms with Gasteiger partial charge in [-0.15, -0.1) is 0 Å². The van der Waals surface area contributed by atoms with Crippen LogP contribution in [0.15, 0.2) is 42.7 Å². The molecule has 1 atom stereocenters. The van der Waals surface area contributed by atoms with Gasteiger partial charge in [-0.1, -0.05) is 11.6 Å². The summed E-state index contributed by atoms with van der Waals surface area (Å²) in [7, 11) is 2.03. The summed E-state index contributed by atoms with van der Waals surface area (Å²) in [6.45, 7) is 1.58. The summed E-state index contributed by atoms with van der Waals surface area (Å²) in [5, 5.41) is 11.7. The second-order valence-electron chi connectivity index (χ2n) is 6.11. The van der Waals surface area contributed by atoms with E-state index in [4.69, 9.17) is 11.6 Å². The quantitative estimate of drug-likeness (QED) is 0.939. The fourth-order valence-electron chi connectivity index (χ4n) is 3.25. The lowest BCUT2D eigenvalue weighted by Crippen LogP contribution is -2.48. The smallest absolute Gasteiger partial charge is 0.128 e. The number of halogens is 2. The normalized spacial score (nSPS) is 20.0. The van der Waals surface area contributed by atoms with Crippen LogP contribution in [0.3, 0.4) is 0 Å². The molecular weight excluding hydrogens is 303 g/mol. The Balaban J connectivity index is 2.07. The zero-order chi connectivity index (χ0) is 15.7. The van der Waals surface area contributed by atoms with E-state index in [-0.39, 0.29) is 5.82 Å². The third-order valence-corrected chi connectivity index (χ3v) is 4.78. The highest BCUT2D eigenvalue weighted by Gasteiger charge is 2.42. The van der Waals surface area contributed by atoms with Gasteiger partial charge in [0.1, 0.15) is 5.82 Å². The van der Waals surface area contributed by atoms with Crippen molar-refractivity contribution in [3.63, 3.8) is 0 Å². The SMILES string of the molecule is CN1CCC(O)(C(c2cc(Cl)ccc2F)n2cccc2)CC1. The van der Waals surface area contributed by atoms with Gasteiger partial charge in [-0.2, -0.15) is 0 Å². The van der Waals surface area contributed by atoms with E-state index in [0.717, 1.165) is 13.1 Å². The van der Waals surface area contributed by atoms with Crippen LogP contribution < -0.4 is 0 Å². The lowest BCUT2D eigenvalue weighted by Gasteiger charge is -2.43. The zero-order valence-electron chi connectivity index (χ0n) is 12.5. The molecule has 1 aromatic heterocycles. The maximum absolute atomic E-state index is 14.4. The van der Waals surface area contributed by atoms with Crippen LogP contribution >= 0.6 is 11.6 Å². The summed E-state index contributed by atoms with van der Waals surface area (Å²) in [5.74, 6) is -0.338. The number of hydrogen-bond acceptors (Lipinski definition) is 2. The van der Waals surface area contributed by atoms with Crippen molar-refractivity contribution >= 4 is 11.6 Å². The summed E-state index contributed by atoms with van der Waals surface area (Å²) < 4.78 is 16.3. The Hall–Kier alpha value is -1.36. The number of benzene rings is 1. The van der Waals surface area contributed by atoms with Gasteiger partial charge < -0.3 is 14.6 Å². The Morgan fingerprint density at radius 2 is 1.86 bits per heavy atom. The summed E-state index contributed by atoms with van der Waals surface area (Å²) in [4.78, 5) is 2.18. The molecule has 0 radical (unpaired) electrons. The number of piperidine rings is 1. The minimum absolute atomic E-state index is 0.338. The molecule has 2 heterocycles. The molecule has 1 unspecified atom stereocenters. The Kier molecular flexibility index (Phi) is 4.26. The first-order chi connectivity index (χ1) is 10.5. The molecule has 0 bridgehead atoms. The van der Waals surface area contributed by atoms with Crippen molar-refractivity contribution in [3.8, 4) is 0 Å². The van der Waals surface area contributed by atoms with E-state index in [1.54, 1.807) is 6.07 Å². The first kappa shape index (κ1) is 15.5. The number of aliphatic hydroxyl groups is 1. The number of hydrogen-bond donors (Lipinski definition) is 1. The minimum Gasteiger partial charge on any atom is -0.387 e. The number of aromatic nitrogens is 1. The van der Waals surface area contributed by atoms with E-state index < -0.39 is 11.6 Å². The van der Waals surface area contributed by atoms with Crippen LogP contribution in [0.25, 0.3) is 0 Å². The minimum atomic E-state index is -0.989. The lowest BCUT2D eigenvalue weighted by molar-refractivity contribution is -0.0467. The third-order valence-electron chi connectivity index (χ3n) is 4.54. The van der Waals surface area contributed by atoms with Gasteiger partial charge in [-0.05, 0) is 50.2 Å². The average molecular weight is 323 g/mol. The maximum atomic E-state index is 14.4. The van der Waals surface area contributed by atoms with Crippen molar-refractivity contribution in [2.75, 3.05) is 20.1 Å². The molecule has 2 aromatic rings. The van der Waals surface area contributed by atoms with Crippen LogP contribution in [0.2, 0.25) is 5.02 Å². The van der Waals surface area contributed by atoms with Crippen molar-refractivity contribution in [2.24, 2.45) is 0 Å². The highest BCUT2D eigenvalue weighted by molar-refractivity contribution is 6.30. The first-order valence-corrected chi connectivity index (χ1v) is 7.86. The zero-order valence-corrected chi connectivity index (χ0v) is 13.3. The van der Waals surface area contributed by atoms with Gasteiger partial charge in [0.15, 0.2) is 0 Å². The number of rotatable bonds is 3. The molecule has 3 rings (SSSR count). The predicted octanol–water partition coefficient (Wildman–Crippen LogP) is 3.33. The van der Waals surface area contributed by atoms with E-state index in [1.807, 2.05) is 36.1 Å². The van der Waals surface area contributed by atoms with Crippen molar-refractivity contribution in [2.45, 2.75) is 24.5 Å². The third kappa shape index (κ3) is 2.91. The molecule has 1 aliphatic heterocycles. The summed E-state index contributed by atoms with van der Waals surface area (Å²) >= 11 is 6.06. The second-order valence-corrected chi connectivity index (χ2v) is 6.54. The highest BCUT2D eigenvalue weighted by atomic mass is 35.5. The van der Waals surface area contributed by atoms with Crippen molar-refractivity contribution < 1.29 is 9.50 Å². The number of nitrogens with zero attached hydrogens (tertiary/aromatic N) is 2. The van der Waals surface area contributed by atoms with Gasteiger partial charge in [-0.3, -0.25) is 0 Å². The molecule has 1 saturated heterocycles. The van der Waals surface area contributed by atoms with Gasteiger partial charge in [0.2, 0.25) is 0 Å². The van der Waals surface area contributed by atoms with Crippen LogP contribution in [0, 0.1) is 5.82 Å². The van der Waals surface area contributed by atoms with Gasteiger partial charge in [0, 0.05) is 36.1 Å². The van der Waals surface area contributed by atoms with Crippen LogP contribution in [-0.4, -0.2) is 40.3 Å². The molecule has 1 aliphatic rings. The van der Waals surface area contributed by atoms with Crippen LogP contribution in [0.4, 0.5) is 4.39 Å². The van der Waals surface area contributed by atoms with Crippen molar-refractivity contribution in [1.29, 1.82) is 0 Å². The standard InChI is InChI=1S/C17H20ClFN2O/c1-20-10-6-17(22,7-11-20)16(21-8-2-3-9-21)14-12-13(18)4-5-15(14)19/h2-5,8-9,12,16,22H,6-7,10-11H2,1H3. The molecule has 22 heavy (non-hydrogen) atoms. The lowest BCUT2D eigenvalue weighted by atomic mass is 9.80. The van der Waals surface area contributed by atoms with E-state index in [2.05, 4.69) is 4.90 Å². The molecule has 3 nitrogen and oxygen atoms in total. The molecule has 0 amide bonds. The number of likely N-dealkylation sites (tertiary alicyclic amines) is 1. The molecule has 0 spiro atoms. The Bertz CT molecular complexity index is 636. The van der Waals surface area contributed by atoms with Gasteiger partial charge in [0.25, 0.3) is 0 Å². The Labute approximate surface area is 134 Å². The van der Waals surface area contributed by atoms with E-state index in [1.165, 1.54) is 12.1 Å². The second kappa shape index (κ2) is 6.03. The summed E-state index contributed by atoms with van der Waals surface area (Å²) in [5.41, 5.74) is -0.549. The van der Waals surface area contributed by atoms with Crippen LogP contribution in [0.1, 0.15) is 24.4 Å². The monoisotopic (exact) mass is 322 g/mol. The Morgan fingerprint density at radius 1 is 1.23 bits per heavy atom. The largest absolute Gasteiger partial charge is 0.387 e. The molecule has 0 aliphatic carbocycles. The fourth-order valence-corrected chi connectivity index (χ4v) is 3.43. The van der Waals surface area contributed by atoms with Gasteiger partial charge >= 0.3 is 0 Å².